The Morgan fingerprint density at radius 3 is 2.17 bits per heavy atom. The highest BCUT2D eigenvalue weighted by molar-refractivity contribution is 6.07. The number of hydrogen-bond acceptors (Lipinski definition) is 6. The van der Waals surface area contributed by atoms with Gasteiger partial charge >= 0.3 is 12.0 Å². The monoisotopic (exact) mass is 486 g/mol. The van der Waals surface area contributed by atoms with Gasteiger partial charge in [0.05, 0.1) is 18.7 Å². The van der Waals surface area contributed by atoms with Crippen molar-refractivity contribution >= 4 is 35.4 Å². The van der Waals surface area contributed by atoms with Gasteiger partial charge in [0.1, 0.15) is 5.75 Å². The summed E-state index contributed by atoms with van der Waals surface area (Å²) in [5.74, 6) is -1.46. The summed E-state index contributed by atoms with van der Waals surface area (Å²) in [6.45, 7) is 1.97. The van der Waals surface area contributed by atoms with Gasteiger partial charge in [0.2, 0.25) is 11.8 Å². The van der Waals surface area contributed by atoms with E-state index < -0.39 is 12.0 Å². The third kappa shape index (κ3) is 5.23. The Bertz CT molecular complexity index is 1030. The molecule has 4 rings (SSSR count). The minimum Gasteiger partial charge on any atom is -0.495 e. The zero-order chi connectivity index (χ0) is 25.1. The van der Waals surface area contributed by atoms with Crippen molar-refractivity contribution in [3.8, 4) is 5.75 Å². The van der Waals surface area contributed by atoms with Crippen molar-refractivity contribution in [2.24, 2.45) is 11.8 Å². The van der Waals surface area contributed by atoms with Crippen molar-refractivity contribution in [1.82, 2.24) is 15.1 Å². The molecule has 3 aliphatic heterocycles. The van der Waals surface area contributed by atoms with Crippen LogP contribution in [0.2, 0.25) is 0 Å². The summed E-state index contributed by atoms with van der Waals surface area (Å²) in [5, 5.41) is 11.4. The Morgan fingerprint density at radius 2 is 1.57 bits per heavy atom. The van der Waals surface area contributed by atoms with Crippen LogP contribution in [0.4, 0.5) is 10.5 Å². The van der Waals surface area contributed by atoms with E-state index in [0.29, 0.717) is 68.9 Å². The van der Waals surface area contributed by atoms with Gasteiger partial charge in [0, 0.05) is 50.6 Å². The number of nitrogens with zero attached hydrogens (tertiary/aromatic N) is 3. The first-order valence-electron chi connectivity index (χ1n) is 11.9. The van der Waals surface area contributed by atoms with E-state index in [9.17, 15) is 24.0 Å². The van der Waals surface area contributed by atoms with E-state index in [0.717, 1.165) is 0 Å². The van der Waals surface area contributed by atoms with Gasteiger partial charge in [0.15, 0.2) is 0 Å². The molecule has 0 unspecified atom stereocenters. The molecule has 0 bridgehead atoms. The Balaban J connectivity index is 1.38. The number of carboxylic acids is 1. The molecular weight excluding hydrogens is 456 g/mol. The fourth-order valence-corrected chi connectivity index (χ4v) is 4.95. The minimum absolute atomic E-state index is 0.0401. The molecule has 2 N–H and O–H groups in total. The number of amides is 5. The Morgan fingerprint density at radius 1 is 0.943 bits per heavy atom. The molecule has 0 spiro atoms. The number of anilines is 1. The fourth-order valence-electron chi connectivity index (χ4n) is 4.95. The number of rotatable bonds is 5. The van der Waals surface area contributed by atoms with Gasteiger partial charge in [-0.15, -0.1) is 0 Å². The summed E-state index contributed by atoms with van der Waals surface area (Å²) in [7, 11) is 1.47. The van der Waals surface area contributed by atoms with Gasteiger partial charge in [0.25, 0.3) is 5.91 Å². The predicted molar refractivity (Wildman–Crippen MR) is 124 cm³/mol. The Labute approximate surface area is 203 Å². The van der Waals surface area contributed by atoms with Crippen molar-refractivity contribution in [1.29, 1.82) is 0 Å². The van der Waals surface area contributed by atoms with Crippen molar-refractivity contribution in [2.45, 2.75) is 32.1 Å². The van der Waals surface area contributed by atoms with E-state index in [1.807, 2.05) is 0 Å². The molecular formula is C24H30N4O7. The highest BCUT2D eigenvalue weighted by Crippen LogP contribution is 2.32. The average molecular weight is 487 g/mol. The van der Waals surface area contributed by atoms with E-state index in [4.69, 9.17) is 9.84 Å². The summed E-state index contributed by atoms with van der Waals surface area (Å²) in [5.41, 5.74) is 0.809. The maximum atomic E-state index is 13.2. The quantitative estimate of drug-likeness (QED) is 0.640. The van der Waals surface area contributed by atoms with Crippen LogP contribution in [0.15, 0.2) is 18.2 Å². The lowest BCUT2D eigenvalue weighted by Crippen LogP contribution is -2.49. The lowest BCUT2D eigenvalue weighted by Gasteiger charge is -2.36. The van der Waals surface area contributed by atoms with E-state index in [1.54, 1.807) is 28.0 Å². The lowest BCUT2D eigenvalue weighted by atomic mass is 9.92. The molecule has 0 radical (unpaired) electrons. The molecule has 0 atom stereocenters. The molecule has 11 heteroatoms. The van der Waals surface area contributed by atoms with E-state index >= 15 is 0 Å². The maximum Gasteiger partial charge on any atom is 0.328 e. The number of benzene rings is 1. The fraction of sp³-hybridized carbons (Fsp3) is 0.542. The van der Waals surface area contributed by atoms with Crippen molar-refractivity contribution in [3.63, 3.8) is 0 Å². The van der Waals surface area contributed by atoms with Gasteiger partial charge in [-0.2, -0.15) is 0 Å². The number of hydrogen-bond donors (Lipinski definition) is 2. The highest BCUT2D eigenvalue weighted by atomic mass is 16.5. The summed E-state index contributed by atoms with van der Waals surface area (Å²) >= 11 is 0. The van der Waals surface area contributed by atoms with Gasteiger partial charge in [-0.3, -0.25) is 29.4 Å². The first-order chi connectivity index (χ1) is 16.8. The molecule has 1 aromatic rings. The van der Waals surface area contributed by atoms with Crippen LogP contribution < -0.4 is 15.0 Å². The number of piperidine rings is 2. The van der Waals surface area contributed by atoms with Crippen molar-refractivity contribution in [3.05, 3.63) is 23.8 Å². The van der Waals surface area contributed by atoms with Gasteiger partial charge in [-0.25, -0.2) is 4.79 Å². The summed E-state index contributed by atoms with van der Waals surface area (Å²) in [6, 6.07) is 4.31. The highest BCUT2D eigenvalue weighted by Gasteiger charge is 2.34. The number of carbonyl (C=O) groups is 5. The molecule has 1 aromatic carbocycles. The van der Waals surface area contributed by atoms with Gasteiger partial charge < -0.3 is 19.6 Å². The van der Waals surface area contributed by atoms with Crippen LogP contribution in [-0.2, 0) is 14.4 Å². The molecule has 11 nitrogen and oxygen atoms in total. The normalized spacial score (nSPS) is 20.0. The first kappa shape index (κ1) is 24.5. The second kappa shape index (κ2) is 10.3. The largest absolute Gasteiger partial charge is 0.495 e. The third-order valence-corrected chi connectivity index (χ3v) is 7.06. The molecule has 3 saturated heterocycles. The molecule has 0 saturated carbocycles. The van der Waals surface area contributed by atoms with Crippen LogP contribution in [0.1, 0.15) is 42.5 Å². The summed E-state index contributed by atoms with van der Waals surface area (Å²) in [6.07, 6.45) is 2.19. The molecule has 3 heterocycles. The molecule has 35 heavy (non-hydrogen) atoms. The van der Waals surface area contributed by atoms with Crippen LogP contribution in [0.3, 0.4) is 0 Å². The molecule has 3 aliphatic rings. The number of imide groups is 1. The average Bonchev–Trinajstić information content (AvgIpc) is 2.87. The number of aliphatic carboxylic acids is 1. The van der Waals surface area contributed by atoms with Crippen LogP contribution in [-0.4, -0.2) is 84.5 Å². The van der Waals surface area contributed by atoms with Crippen LogP contribution in [0.25, 0.3) is 0 Å². The Hall–Kier alpha value is -3.63. The number of carbonyl (C=O) groups excluding carboxylic acids is 4. The second-order valence-corrected chi connectivity index (χ2v) is 9.15. The Kier molecular flexibility index (Phi) is 7.23. The smallest absolute Gasteiger partial charge is 0.328 e. The summed E-state index contributed by atoms with van der Waals surface area (Å²) < 4.78 is 5.37. The first-order valence-corrected chi connectivity index (χ1v) is 11.9. The van der Waals surface area contributed by atoms with E-state index in [-0.39, 0.29) is 42.5 Å². The zero-order valence-electron chi connectivity index (χ0n) is 19.7. The number of likely N-dealkylation sites (tertiary alicyclic amines) is 2. The summed E-state index contributed by atoms with van der Waals surface area (Å²) in [4.78, 5) is 65.9. The van der Waals surface area contributed by atoms with Crippen LogP contribution in [0.5, 0.6) is 5.75 Å². The molecule has 5 amide bonds. The SMILES string of the molecule is COc1ccc(C(=O)N2CCC(C(=O)N3CCC(C(=O)O)CC3)CC2)cc1N1CCC(=O)NC1=O. The number of methoxy groups -OCH3 is 1. The number of ether oxygens (including phenoxy) is 1. The molecule has 0 aromatic heterocycles. The molecule has 3 fully saturated rings. The van der Waals surface area contributed by atoms with Crippen molar-refractivity contribution in [2.75, 3.05) is 44.7 Å². The van der Waals surface area contributed by atoms with E-state index in [2.05, 4.69) is 5.32 Å². The van der Waals surface area contributed by atoms with Gasteiger partial charge in [-0.05, 0) is 43.9 Å². The van der Waals surface area contributed by atoms with Crippen LogP contribution in [0, 0.1) is 11.8 Å². The molecule has 0 aliphatic carbocycles. The zero-order valence-corrected chi connectivity index (χ0v) is 19.7. The second-order valence-electron chi connectivity index (χ2n) is 9.15. The number of carboxylic acid groups (broad SMARTS) is 1. The third-order valence-electron chi connectivity index (χ3n) is 7.06. The standard InChI is InChI=1S/C24H30N4O7/c1-35-19-3-2-17(14-18(19)28-13-8-20(29)25-24(28)34)22(31)27-9-4-15(5-10-27)21(30)26-11-6-16(7-12-26)23(32)33/h2-3,14-16H,4-13H2,1H3,(H,32,33)(H,25,29,34). The van der Waals surface area contributed by atoms with Crippen LogP contribution >= 0.6 is 0 Å². The topological polar surface area (TPSA) is 137 Å². The molecule has 188 valence electrons. The number of nitrogens with one attached hydrogen (secondary N) is 1. The lowest BCUT2D eigenvalue weighted by molar-refractivity contribution is -0.147. The maximum absolute atomic E-state index is 13.2. The van der Waals surface area contributed by atoms with Gasteiger partial charge in [-0.1, -0.05) is 0 Å². The van der Waals surface area contributed by atoms with E-state index in [1.165, 1.54) is 12.0 Å². The van der Waals surface area contributed by atoms with Crippen molar-refractivity contribution < 1.29 is 33.8 Å². The predicted octanol–water partition coefficient (Wildman–Crippen LogP) is 1.32. The number of urea groups is 1. The minimum atomic E-state index is -0.806.